The molecule has 1 aromatic carbocycles. The molecule has 0 saturated heterocycles. The molecule has 0 unspecified atom stereocenters. The van der Waals surface area contributed by atoms with Crippen LogP contribution in [0.4, 0.5) is 0 Å². The van der Waals surface area contributed by atoms with Crippen LogP contribution in [-0.2, 0) is 16.1 Å². The third kappa shape index (κ3) is 4.08. The molecule has 70 valence electrons. The van der Waals surface area contributed by atoms with Gasteiger partial charge in [0.25, 0.3) is 0 Å². The molecule has 0 aliphatic carbocycles. The molecule has 0 spiro atoms. The lowest BCUT2D eigenvalue weighted by Gasteiger charge is -2.00. The van der Waals surface area contributed by atoms with Crippen LogP contribution >= 0.6 is 0 Å². The van der Waals surface area contributed by atoms with Crippen molar-refractivity contribution in [1.29, 1.82) is 0 Å². The molecule has 0 amide bonds. The highest BCUT2D eigenvalue weighted by molar-refractivity contribution is 5.81. The van der Waals surface area contributed by atoms with E-state index in [0.29, 0.717) is 6.61 Å². The number of esters is 1. The zero-order valence-corrected chi connectivity index (χ0v) is 7.19. The van der Waals surface area contributed by atoms with Gasteiger partial charge in [0.15, 0.2) is 0 Å². The minimum atomic E-state index is -0.390. The number of benzene rings is 1. The molecular weight excluding hydrogens is 168 g/mol. The number of hydrogen-bond acceptors (Lipinski definition) is 2. The number of rotatable bonds is 3. The molecule has 0 aliphatic heterocycles. The van der Waals surface area contributed by atoms with Crippen molar-refractivity contribution in [3.8, 4) is 0 Å². The summed E-state index contributed by atoms with van der Waals surface area (Å²) in [6.07, 6.45) is 1.16. The lowest BCUT2D eigenvalue weighted by molar-refractivity contribution is -0.138. The van der Waals surface area contributed by atoms with Gasteiger partial charge in [-0.2, -0.15) is 0 Å². The Morgan fingerprint density at radius 3 is 2.54 bits per heavy atom. The number of carbonyl (C=O) groups excluding carboxylic acids is 1. The van der Waals surface area contributed by atoms with Crippen LogP contribution in [0, 0.1) is 0 Å². The average Bonchev–Trinajstić information content (AvgIpc) is 2.16. The second kappa shape index (κ2) is 5.97. The van der Waals surface area contributed by atoms with Crippen LogP contribution in [0.3, 0.4) is 0 Å². The van der Waals surface area contributed by atoms with Crippen LogP contribution in [0.25, 0.3) is 0 Å². The first-order valence-corrected chi connectivity index (χ1v) is 3.66. The lowest BCUT2D eigenvalue weighted by atomic mass is 10.2. The van der Waals surface area contributed by atoms with E-state index in [-0.39, 0.29) is 11.4 Å². The first-order valence-electron chi connectivity index (χ1n) is 3.66. The second-order valence-electron chi connectivity index (χ2n) is 2.30. The Morgan fingerprint density at radius 2 is 2.00 bits per heavy atom. The van der Waals surface area contributed by atoms with Crippen molar-refractivity contribution in [2.45, 2.75) is 6.61 Å². The lowest BCUT2D eigenvalue weighted by Crippen LogP contribution is -1.99. The highest BCUT2D eigenvalue weighted by Crippen LogP contribution is 2.00. The monoisotopic (exact) mass is 180 g/mol. The summed E-state index contributed by atoms with van der Waals surface area (Å²) in [6, 6.07) is 9.51. The van der Waals surface area contributed by atoms with Crippen molar-refractivity contribution in [2.24, 2.45) is 0 Å². The van der Waals surface area contributed by atoms with Crippen molar-refractivity contribution in [2.75, 3.05) is 0 Å². The maximum atomic E-state index is 10.6. The summed E-state index contributed by atoms with van der Waals surface area (Å²) in [7, 11) is 0. The van der Waals surface area contributed by atoms with E-state index in [9.17, 15) is 4.79 Å². The zero-order valence-electron chi connectivity index (χ0n) is 7.19. The van der Waals surface area contributed by atoms with E-state index < -0.39 is 0 Å². The van der Waals surface area contributed by atoms with Gasteiger partial charge in [-0.05, 0) is 5.56 Å². The van der Waals surface area contributed by atoms with Gasteiger partial charge in [0.05, 0.1) is 0 Å². The largest absolute Gasteiger partial charge is 0.458 e. The molecule has 0 atom stereocenters. The molecule has 3 nitrogen and oxygen atoms in total. The van der Waals surface area contributed by atoms with Gasteiger partial charge < -0.3 is 10.2 Å². The molecule has 3 heteroatoms. The smallest absolute Gasteiger partial charge is 0.330 e. The van der Waals surface area contributed by atoms with Gasteiger partial charge in [-0.15, -0.1) is 0 Å². The van der Waals surface area contributed by atoms with Crippen LogP contribution in [0.1, 0.15) is 5.56 Å². The SMILES string of the molecule is C=CC(=O)OCc1ccccc1.O. The number of hydrogen-bond donors (Lipinski definition) is 0. The Labute approximate surface area is 77.0 Å². The summed E-state index contributed by atoms with van der Waals surface area (Å²) in [6.45, 7) is 3.61. The van der Waals surface area contributed by atoms with E-state index in [2.05, 4.69) is 6.58 Å². The topological polar surface area (TPSA) is 57.8 Å². The Balaban J connectivity index is 0.00000144. The van der Waals surface area contributed by atoms with Gasteiger partial charge in [0, 0.05) is 6.08 Å². The van der Waals surface area contributed by atoms with Crippen LogP contribution in [0.5, 0.6) is 0 Å². The van der Waals surface area contributed by atoms with E-state index in [1.165, 1.54) is 0 Å². The Morgan fingerprint density at radius 1 is 1.38 bits per heavy atom. The molecular formula is C10H12O3. The van der Waals surface area contributed by atoms with Crippen molar-refractivity contribution >= 4 is 5.97 Å². The highest BCUT2D eigenvalue weighted by atomic mass is 16.5. The summed E-state index contributed by atoms with van der Waals surface area (Å²) in [5.74, 6) is -0.390. The predicted octanol–water partition coefficient (Wildman–Crippen LogP) is 1.09. The molecule has 0 aliphatic rings. The van der Waals surface area contributed by atoms with E-state index in [0.717, 1.165) is 11.6 Å². The van der Waals surface area contributed by atoms with Gasteiger partial charge in [0.2, 0.25) is 0 Å². The van der Waals surface area contributed by atoms with E-state index in [1.54, 1.807) is 0 Å². The van der Waals surface area contributed by atoms with E-state index in [1.807, 2.05) is 30.3 Å². The quantitative estimate of drug-likeness (QED) is 0.516. The second-order valence-corrected chi connectivity index (χ2v) is 2.30. The van der Waals surface area contributed by atoms with Crippen molar-refractivity contribution < 1.29 is 15.0 Å². The molecule has 0 bridgehead atoms. The predicted molar refractivity (Wildman–Crippen MR) is 50.0 cm³/mol. The molecule has 2 N–H and O–H groups in total. The van der Waals surface area contributed by atoms with E-state index in [4.69, 9.17) is 4.74 Å². The van der Waals surface area contributed by atoms with Crippen molar-refractivity contribution in [3.05, 3.63) is 48.6 Å². The standard InChI is InChI=1S/C10H10O2.H2O/c1-2-10(11)12-8-9-6-4-3-5-7-9;/h2-7H,1,8H2;1H2. The first-order chi connectivity index (χ1) is 5.83. The molecule has 0 fully saturated rings. The maximum absolute atomic E-state index is 10.6. The first kappa shape index (κ1) is 11.4. The molecule has 0 aromatic heterocycles. The van der Waals surface area contributed by atoms with Crippen LogP contribution < -0.4 is 0 Å². The van der Waals surface area contributed by atoms with Gasteiger partial charge in [-0.1, -0.05) is 36.9 Å². The third-order valence-corrected chi connectivity index (χ3v) is 1.39. The fraction of sp³-hybridized carbons (Fsp3) is 0.100. The fourth-order valence-corrected chi connectivity index (χ4v) is 0.788. The van der Waals surface area contributed by atoms with Crippen LogP contribution in [-0.4, -0.2) is 11.4 Å². The molecule has 1 rings (SSSR count). The Bertz CT molecular complexity index is 267. The van der Waals surface area contributed by atoms with E-state index >= 15 is 0 Å². The molecule has 0 saturated carbocycles. The van der Waals surface area contributed by atoms with Gasteiger partial charge in [-0.3, -0.25) is 0 Å². The van der Waals surface area contributed by atoms with Crippen LogP contribution in [0.2, 0.25) is 0 Å². The summed E-state index contributed by atoms with van der Waals surface area (Å²) in [5.41, 5.74) is 0.979. The molecule has 1 aromatic rings. The molecule has 0 radical (unpaired) electrons. The van der Waals surface area contributed by atoms with Gasteiger partial charge >= 0.3 is 5.97 Å². The normalized spacial score (nSPS) is 8.31. The Hall–Kier alpha value is -1.61. The van der Waals surface area contributed by atoms with Crippen molar-refractivity contribution in [3.63, 3.8) is 0 Å². The van der Waals surface area contributed by atoms with Gasteiger partial charge in [0.1, 0.15) is 6.61 Å². The summed E-state index contributed by atoms with van der Waals surface area (Å²) >= 11 is 0. The summed E-state index contributed by atoms with van der Waals surface area (Å²) in [4.78, 5) is 10.6. The summed E-state index contributed by atoms with van der Waals surface area (Å²) in [5, 5.41) is 0. The number of ether oxygens (including phenoxy) is 1. The molecule has 0 heterocycles. The average molecular weight is 180 g/mol. The third-order valence-electron chi connectivity index (χ3n) is 1.39. The zero-order chi connectivity index (χ0) is 8.81. The number of carbonyl (C=O) groups is 1. The Kier molecular flexibility index (Phi) is 5.23. The highest BCUT2D eigenvalue weighted by Gasteiger charge is 1.95. The summed E-state index contributed by atoms with van der Waals surface area (Å²) < 4.78 is 4.82. The van der Waals surface area contributed by atoms with Crippen LogP contribution in [0.15, 0.2) is 43.0 Å². The minimum absolute atomic E-state index is 0. The maximum Gasteiger partial charge on any atom is 0.330 e. The molecule has 13 heavy (non-hydrogen) atoms. The van der Waals surface area contributed by atoms with Gasteiger partial charge in [-0.25, -0.2) is 4.79 Å². The fourth-order valence-electron chi connectivity index (χ4n) is 0.788. The van der Waals surface area contributed by atoms with Crippen molar-refractivity contribution in [1.82, 2.24) is 0 Å². The minimum Gasteiger partial charge on any atom is -0.458 e.